The van der Waals surface area contributed by atoms with Crippen LogP contribution in [0.5, 0.6) is 6.01 Å². The number of hydrogen-bond acceptors (Lipinski definition) is 8. The van der Waals surface area contributed by atoms with Gasteiger partial charge in [-0.25, -0.2) is 14.2 Å². The Balaban J connectivity index is 1.27. The second-order valence-electron chi connectivity index (χ2n) is 11.9. The first-order valence-electron chi connectivity index (χ1n) is 13.2. The third-order valence-electron chi connectivity index (χ3n) is 8.12. The molecule has 2 aromatic rings. The first-order chi connectivity index (χ1) is 17.6. The molecule has 4 aliphatic heterocycles. The van der Waals surface area contributed by atoms with E-state index in [4.69, 9.17) is 26.1 Å². The van der Waals surface area contributed by atoms with Gasteiger partial charge in [-0.05, 0) is 53.0 Å². The normalized spacial score (nSPS) is 29.7. The van der Waals surface area contributed by atoms with Crippen LogP contribution in [0.4, 0.5) is 15.0 Å². The predicted molar refractivity (Wildman–Crippen MR) is 138 cm³/mol. The molecule has 4 fully saturated rings. The third-order valence-corrected chi connectivity index (χ3v) is 8.33. The summed E-state index contributed by atoms with van der Waals surface area (Å²) in [5.74, 6) is 0.723. The summed E-state index contributed by atoms with van der Waals surface area (Å²) >= 11 is 6.21. The van der Waals surface area contributed by atoms with Crippen LogP contribution in [0, 0.1) is 0 Å². The van der Waals surface area contributed by atoms with Crippen molar-refractivity contribution in [2.24, 2.45) is 0 Å². The highest BCUT2D eigenvalue weighted by atomic mass is 35.5. The van der Waals surface area contributed by atoms with Crippen molar-refractivity contribution in [1.29, 1.82) is 0 Å². The molecular weight excluding hydrogens is 499 g/mol. The molecule has 200 valence electrons. The molecule has 0 N–H and O–H groups in total. The lowest BCUT2D eigenvalue weighted by molar-refractivity contribution is 0.0122. The fraction of sp³-hybridized carbons (Fsp3) is 0.692. The Labute approximate surface area is 221 Å². The lowest BCUT2D eigenvalue weighted by Gasteiger charge is -2.42. The highest BCUT2D eigenvalue weighted by Gasteiger charge is 2.49. The molecule has 4 aliphatic rings. The van der Waals surface area contributed by atoms with Crippen molar-refractivity contribution in [3.63, 3.8) is 0 Å². The van der Waals surface area contributed by atoms with Crippen molar-refractivity contribution in [3.8, 4) is 6.01 Å². The van der Waals surface area contributed by atoms with Gasteiger partial charge in [0, 0.05) is 38.3 Å². The standard InChI is InChI=1S/C26H34ClFN6O3/c1-25(2,3)37-24(35)34-17-5-6-18(34)14-32(13-17)22-19-11-29-21(27)9-20(19)30-23(31-22)36-15-26-7-4-8-33(26)12-16(28)10-26/h9,11,16-18H,4-8,10,12-15H2,1-3H3/t16-,17?,18?,26+/m1/s1. The summed E-state index contributed by atoms with van der Waals surface area (Å²) in [4.78, 5) is 33.0. The minimum absolute atomic E-state index is 0.0363. The van der Waals surface area contributed by atoms with E-state index in [0.29, 0.717) is 43.3 Å². The number of carbonyl (C=O) groups excluding carboxylic acids is 1. The van der Waals surface area contributed by atoms with E-state index in [-0.39, 0.29) is 29.7 Å². The number of rotatable bonds is 4. The zero-order chi connectivity index (χ0) is 25.9. The number of amides is 1. The average Bonchev–Trinajstić information content (AvgIpc) is 3.43. The van der Waals surface area contributed by atoms with E-state index in [1.165, 1.54) is 0 Å². The van der Waals surface area contributed by atoms with E-state index >= 15 is 0 Å². The maximum Gasteiger partial charge on any atom is 0.410 e. The Kier molecular flexibility index (Phi) is 6.10. The molecule has 11 heteroatoms. The van der Waals surface area contributed by atoms with Gasteiger partial charge in [0.25, 0.3) is 0 Å². The summed E-state index contributed by atoms with van der Waals surface area (Å²) in [5.41, 5.74) is -0.173. The summed E-state index contributed by atoms with van der Waals surface area (Å²) in [6.07, 6.45) is 4.90. The fourth-order valence-corrected chi connectivity index (χ4v) is 6.76. The van der Waals surface area contributed by atoms with Gasteiger partial charge in [0.1, 0.15) is 29.4 Å². The van der Waals surface area contributed by atoms with E-state index in [1.54, 1.807) is 12.3 Å². The Bertz CT molecular complexity index is 1200. The minimum Gasteiger partial charge on any atom is -0.461 e. The largest absolute Gasteiger partial charge is 0.461 e. The molecule has 37 heavy (non-hydrogen) atoms. The number of piperazine rings is 1. The van der Waals surface area contributed by atoms with Crippen LogP contribution in [0.1, 0.15) is 52.9 Å². The fourth-order valence-electron chi connectivity index (χ4n) is 6.61. The smallest absolute Gasteiger partial charge is 0.410 e. The molecule has 0 spiro atoms. The van der Waals surface area contributed by atoms with Crippen molar-refractivity contribution < 1.29 is 18.7 Å². The van der Waals surface area contributed by atoms with Gasteiger partial charge in [0.15, 0.2) is 0 Å². The van der Waals surface area contributed by atoms with Crippen LogP contribution in [0.15, 0.2) is 12.3 Å². The summed E-state index contributed by atoms with van der Waals surface area (Å²) in [6.45, 7) is 8.65. The molecule has 6 heterocycles. The second-order valence-corrected chi connectivity index (χ2v) is 12.3. The van der Waals surface area contributed by atoms with Crippen LogP contribution in [0.3, 0.4) is 0 Å². The number of nitrogens with zero attached hydrogens (tertiary/aromatic N) is 6. The number of pyridine rings is 1. The molecule has 0 aromatic carbocycles. The molecule has 2 unspecified atom stereocenters. The number of anilines is 1. The zero-order valence-electron chi connectivity index (χ0n) is 21.6. The number of aromatic nitrogens is 3. The Morgan fingerprint density at radius 2 is 1.97 bits per heavy atom. The zero-order valence-corrected chi connectivity index (χ0v) is 22.4. The van der Waals surface area contributed by atoms with Crippen molar-refractivity contribution in [2.75, 3.05) is 37.7 Å². The number of alkyl halides is 1. The van der Waals surface area contributed by atoms with Crippen LogP contribution in [-0.2, 0) is 4.74 Å². The van der Waals surface area contributed by atoms with Gasteiger partial charge in [-0.3, -0.25) is 9.80 Å². The lowest BCUT2D eigenvalue weighted by Crippen LogP contribution is -2.57. The first-order valence-corrected chi connectivity index (χ1v) is 13.6. The van der Waals surface area contributed by atoms with Crippen LogP contribution in [0.2, 0.25) is 5.15 Å². The van der Waals surface area contributed by atoms with Gasteiger partial charge in [-0.2, -0.15) is 9.97 Å². The van der Waals surface area contributed by atoms with E-state index < -0.39 is 11.8 Å². The lowest BCUT2D eigenvalue weighted by atomic mass is 9.95. The first kappa shape index (κ1) is 24.9. The topological polar surface area (TPSA) is 83.9 Å². The van der Waals surface area contributed by atoms with Gasteiger partial charge in [0.05, 0.1) is 28.5 Å². The highest BCUT2D eigenvalue weighted by molar-refractivity contribution is 6.30. The molecule has 2 bridgehead atoms. The van der Waals surface area contributed by atoms with Crippen molar-refractivity contribution in [1.82, 2.24) is 24.8 Å². The third kappa shape index (κ3) is 4.67. The van der Waals surface area contributed by atoms with E-state index in [9.17, 15) is 9.18 Å². The molecule has 4 saturated heterocycles. The summed E-state index contributed by atoms with van der Waals surface area (Å²) < 4.78 is 26.1. The van der Waals surface area contributed by atoms with Crippen molar-refractivity contribution >= 4 is 34.4 Å². The number of hydrogen-bond donors (Lipinski definition) is 0. The van der Waals surface area contributed by atoms with Crippen LogP contribution in [0.25, 0.3) is 10.9 Å². The van der Waals surface area contributed by atoms with Gasteiger partial charge in [-0.15, -0.1) is 0 Å². The molecule has 0 radical (unpaired) electrons. The minimum atomic E-state index is -0.821. The molecule has 1 amide bonds. The molecule has 2 aromatic heterocycles. The number of carbonyl (C=O) groups is 1. The molecule has 4 atom stereocenters. The van der Waals surface area contributed by atoms with Gasteiger partial charge < -0.3 is 14.4 Å². The summed E-state index contributed by atoms with van der Waals surface area (Å²) in [7, 11) is 0. The highest BCUT2D eigenvalue weighted by Crippen LogP contribution is 2.41. The second kappa shape index (κ2) is 9.08. The maximum atomic E-state index is 14.2. The molecular formula is C26H34ClFN6O3. The van der Waals surface area contributed by atoms with E-state index in [1.807, 2.05) is 25.7 Å². The van der Waals surface area contributed by atoms with E-state index in [2.05, 4.69) is 19.8 Å². The average molecular weight is 533 g/mol. The Morgan fingerprint density at radius 3 is 2.70 bits per heavy atom. The van der Waals surface area contributed by atoms with Crippen LogP contribution >= 0.6 is 11.6 Å². The molecule has 9 nitrogen and oxygen atoms in total. The number of halogens is 2. The van der Waals surface area contributed by atoms with Crippen molar-refractivity contribution in [3.05, 3.63) is 17.4 Å². The maximum absolute atomic E-state index is 14.2. The number of ether oxygens (including phenoxy) is 2. The SMILES string of the molecule is CC(C)(C)OC(=O)N1C2CCC1CN(c1nc(OC[C@@]34CCCN3C[C@H](F)C4)nc3cc(Cl)ncc13)C2. The van der Waals surface area contributed by atoms with Crippen LogP contribution in [-0.4, -0.2) is 93.0 Å². The van der Waals surface area contributed by atoms with Crippen LogP contribution < -0.4 is 9.64 Å². The molecule has 6 rings (SSSR count). The molecule has 0 aliphatic carbocycles. The molecule has 0 saturated carbocycles. The summed E-state index contributed by atoms with van der Waals surface area (Å²) in [5, 5.41) is 1.13. The Hall–Kier alpha value is -2.46. The monoisotopic (exact) mass is 532 g/mol. The summed E-state index contributed by atoms with van der Waals surface area (Å²) in [6, 6.07) is 2.05. The predicted octanol–water partition coefficient (Wildman–Crippen LogP) is 4.22. The van der Waals surface area contributed by atoms with Crippen molar-refractivity contribution in [2.45, 2.75) is 82.3 Å². The quantitative estimate of drug-likeness (QED) is 0.541. The van der Waals surface area contributed by atoms with Gasteiger partial charge in [0.2, 0.25) is 0 Å². The number of fused-ring (bicyclic) bond motifs is 4. The van der Waals surface area contributed by atoms with Gasteiger partial charge in [-0.1, -0.05) is 11.6 Å². The Morgan fingerprint density at radius 1 is 1.22 bits per heavy atom. The van der Waals surface area contributed by atoms with E-state index in [0.717, 1.165) is 43.4 Å². The van der Waals surface area contributed by atoms with Gasteiger partial charge >= 0.3 is 12.1 Å².